The number of likely N-dealkylation sites (N-methyl/N-ethyl adjacent to an activating group) is 1. The van der Waals surface area contributed by atoms with Gasteiger partial charge in [0.15, 0.2) is 0 Å². The number of aliphatic hydroxyl groups is 1. The SMILES string of the molecule is CC(O)CN(C)c1cnccn1. The van der Waals surface area contributed by atoms with Crippen molar-refractivity contribution in [1.82, 2.24) is 9.97 Å². The van der Waals surface area contributed by atoms with Crippen LogP contribution >= 0.6 is 0 Å². The number of hydrogen-bond acceptors (Lipinski definition) is 4. The molecule has 0 fully saturated rings. The zero-order chi connectivity index (χ0) is 8.97. The number of rotatable bonds is 3. The third-order valence-electron chi connectivity index (χ3n) is 1.48. The highest BCUT2D eigenvalue weighted by atomic mass is 16.3. The topological polar surface area (TPSA) is 49.2 Å². The maximum atomic E-state index is 9.09. The van der Waals surface area contributed by atoms with Crippen molar-refractivity contribution in [3.8, 4) is 0 Å². The maximum Gasteiger partial charge on any atom is 0.146 e. The van der Waals surface area contributed by atoms with E-state index in [1.54, 1.807) is 25.5 Å². The van der Waals surface area contributed by atoms with E-state index >= 15 is 0 Å². The molecule has 0 amide bonds. The summed E-state index contributed by atoms with van der Waals surface area (Å²) in [5, 5.41) is 9.09. The normalized spacial score (nSPS) is 12.6. The molecule has 0 aliphatic rings. The molecule has 1 atom stereocenters. The third-order valence-corrected chi connectivity index (χ3v) is 1.48. The Kier molecular flexibility index (Phi) is 2.99. The van der Waals surface area contributed by atoms with Gasteiger partial charge in [-0.05, 0) is 6.92 Å². The van der Waals surface area contributed by atoms with Crippen molar-refractivity contribution in [2.24, 2.45) is 0 Å². The number of aliphatic hydroxyl groups excluding tert-OH is 1. The molecule has 0 radical (unpaired) electrons. The summed E-state index contributed by atoms with van der Waals surface area (Å²) in [6, 6.07) is 0. The molecule has 0 spiro atoms. The molecular weight excluding hydrogens is 154 g/mol. The highest BCUT2D eigenvalue weighted by molar-refractivity contribution is 5.33. The van der Waals surface area contributed by atoms with E-state index < -0.39 is 0 Å². The molecule has 1 heterocycles. The van der Waals surface area contributed by atoms with Gasteiger partial charge in [-0.1, -0.05) is 0 Å². The van der Waals surface area contributed by atoms with Gasteiger partial charge in [0.25, 0.3) is 0 Å². The summed E-state index contributed by atoms with van der Waals surface area (Å²) in [5.74, 6) is 0.776. The summed E-state index contributed by atoms with van der Waals surface area (Å²) in [6.07, 6.45) is 4.58. The number of nitrogens with zero attached hydrogens (tertiary/aromatic N) is 3. The summed E-state index contributed by atoms with van der Waals surface area (Å²) in [4.78, 5) is 9.87. The highest BCUT2D eigenvalue weighted by Gasteiger charge is 2.04. The largest absolute Gasteiger partial charge is 0.392 e. The van der Waals surface area contributed by atoms with Crippen LogP contribution in [0, 0.1) is 0 Å². The van der Waals surface area contributed by atoms with E-state index in [0.29, 0.717) is 6.54 Å². The summed E-state index contributed by atoms with van der Waals surface area (Å²) in [5.41, 5.74) is 0. The van der Waals surface area contributed by atoms with Gasteiger partial charge < -0.3 is 10.0 Å². The monoisotopic (exact) mass is 167 g/mol. The van der Waals surface area contributed by atoms with Crippen molar-refractivity contribution in [1.29, 1.82) is 0 Å². The van der Waals surface area contributed by atoms with Crippen LogP contribution in [0.3, 0.4) is 0 Å². The molecule has 0 saturated carbocycles. The fraction of sp³-hybridized carbons (Fsp3) is 0.500. The Morgan fingerprint density at radius 1 is 1.58 bits per heavy atom. The quantitative estimate of drug-likeness (QED) is 0.703. The lowest BCUT2D eigenvalue weighted by Crippen LogP contribution is -2.27. The predicted octanol–water partition coefficient (Wildman–Crippen LogP) is 0.294. The molecule has 1 aromatic heterocycles. The van der Waals surface area contributed by atoms with Gasteiger partial charge in [0.05, 0.1) is 12.3 Å². The molecule has 1 rings (SSSR count). The van der Waals surface area contributed by atoms with Crippen LogP contribution in [0.5, 0.6) is 0 Å². The lowest BCUT2D eigenvalue weighted by atomic mass is 10.4. The van der Waals surface area contributed by atoms with Gasteiger partial charge in [0.1, 0.15) is 5.82 Å². The van der Waals surface area contributed by atoms with Gasteiger partial charge >= 0.3 is 0 Å². The minimum Gasteiger partial charge on any atom is -0.392 e. The van der Waals surface area contributed by atoms with Crippen molar-refractivity contribution >= 4 is 5.82 Å². The van der Waals surface area contributed by atoms with Crippen LogP contribution in [0.4, 0.5) is 5.82 Å². The van der Waals surface area contributed by atoms with Crippen molar-refractivity contribution in [3.63, 3.8) is 0 Å². The highest BCUT2D eigenvalue weighted by Crippen LogP contribution is 2.04. The van der Waals surface area contributed by atoms with E-state index in [-0.39, 0.29) is 6.10 Å². The molecule has 0 aliphatic carbocycles. The van der Waals surface area contributed by atoms with Crippen molar-refractivity contribution < 1.29 is 5.11 Å². The predicted molar refractivity (Wildman–Crippen MR) is 47.0 cm³/mol. The third kappa shape index (κ3) is 2.47. The molecular formula is C8H13N3O. The first-order valence-corrected chi connectivity index (χ1v) is 3.85. The van der Waals surface area contributed by atoms with Gasteiger partial charge in [0, 0.05) is 26.0 Å². The van der Waals surface area contributed by atoms with Crippen LogP contribution in [-0.2, 0) is 0 Å². The van der Waals surface area contributed by atoms with Crippen molar-refractivity contribution in [2.75, 3.05) is 18.5 Å². The van der Waals surface area contributed by atoms with E-state index in [0.717, 1.165) is 5.82 Å². The molecule has 0 bridgehead atoms. The van der Waals surface area contributed by atoms with E-state index in [4.69, 9.17) is 5.11 Å². The lowest BCUT2D eigenvalue weighted by molar-refractivity contribution is 0.201. The van der Waals surface area contributed by atoms with Crippen LogP contribution in [-0.4, -0.2) is 34.8 Å². The standard InChI is InChI=1S/C8H13N3O/c1-7(12)6-11(2)8-5-9-3-4-10-8/h3-5,7,12H,6H2,1-2H3. The van der Waals surface area contributed by atoms with E-state index in [1.807, 2.05) is 11.9 Å². The van der Waals surface area contributed by atoms with Crippen LogP contribution in [0.25, 0.3) is 0 Å². The van der Waals surface area contributed by atoms with Crippen molar-refractivity contribution in [3.05, 3.63) is 18.6 Å². The first-order valence-electron chi connectivity index (χ1n) is 3.85. The first-order chi connectivity index (χ1) is 5.70. The summed E-state index contributed by atoms with van der Waals surface area (Å²) >= 11 is 0. The maximum absolute atomic E-state index is 9.09. The van der Waals surface area contributed by atoms with Crippen LogP contribution < -0.4 is 4.90 Å². The zero-order valence-corrected chi connectivity index (χ0v) is 7.31. The summed E-state index contributed by atoms with van der Waals surface area (Å²) in [6.45, 7) is 2.31. The van der Waals surface area contributed by atoms with E-state index in [9.17, 15) is 0 Å². The number of hydrogen-bond donors (Lipinski definition) is 1. The van der Waals surface area contributed by atoms with Gasteiger partial charge in [-0.2, -0.15) is 0 Å². The van der Waals surface area contributed by atoms with Crippen LogP contribution in [0.1, 0.15) is 6.92 Å². The second-order valence-corrected chi connectivity index (χ2v) is 2.79. The van der Waals surface area contributed by atoms with Gasteiger partial charge in [-0.25, -0.2) is 4.98 Å². The molecule has 1 N–H and O–H groups in total. The average Bonchev–Trinajstić information content (AvgIpc) is 2.05. The fourth-order valence-electron chi connectivity index (χ4n) is 0.978. The van der Waals surface area contributed by atoms with Gasteiger partial charge in [0.2, 0.25) is 0 Å². The molecule has 4 nitrogen and oxygen atoms in total. The first kappa shape index (κ1) is 8.93. The molecule has 66 valence electrons. The number of anilines is 1. The Hall–Kier alpha value is -1.16. The Bertz CT molecular complexity index is 225. The Morgan fingerprint density at radius 2 is 2.33 bits per heavy atom. The molecule has 0 aliphatic heterocycles. The Balaban J connectivity index is 2.59. The molecule has 4 heteroatoms. The van der Waals surface area contributed by atoms with Gasteiger partial charge in [-0.3, -0.25) is 4.98 Å². The summed E-state index contributed by atoms with van der Waals surface area (Å²) < 4.78 is 0. The number of aromatic nitrogens is 2. The van der Waals surface area contributed by atoms with E-state index in [2.05, 4.69) is 9.97 Å². The van der Waals surface area contributed by atoms with E-state index in [1.165, 1.54) is 0 Å². The zero-order valence-electron chi connectivity index (χ0n) is 7.31. The minimum atomic E-state index is -0.350. The summed E-state index contributed by atoms with van der Waals surface area (Å²) in [7, 11) is 1.87. The average molecular weight is 167 g/mol. The van der Waals surface area contributed by atoms with Crippen molar-refractivity contribution in [2.45, 2.75) is 13.0 Å². The fourth-order valence-corrected chi connectivity index (χ4v) is 0.978. The van der Waals surface area contributed by atoms with Gasteiger partial charge in [-0.15, -0.1) is 0 Å². The van der Waals surface area contributed by atoms with Crippen LogP contribution in [0.15, 0.2) is 18.6 Å². The molecule has 0 saturated heterocycles. The smallest absolute Gasteiger partial charge is 0.146 e. The molecule has 1 aromatic rings. The Morgan fingerprint density at radius 3 is 2.83 bits per heavy atom. The molecule has 1 unspecified atom stereocenters. The van der Waals surface area contributed by atoms with Crippen LogP contribution in [0.2, 0.25) is 0 Å². The minimum absolute atomic E-state index is 0.350. The second kappa shape index (κ2) is 4.01. The second-order valence-electron chi connectivity index (χ2n) is 2.79. The molecule has 0 aromatic carbocycles. The molecule has 12 heavy (non-hydrogen) atoms. The Labute approximate surface area is 71.9 Å². The lowest BCUT2D eigenvalue weighted by Gasteiger charge is -2.18.